The summed E-state index contributed by atoms with van der Waals surface area (Å²) in [7, 11) is 0. The summed E-state index contributed by atoms with van der Waals surface area (Å²) in [5.74, 6) is -4.20. The highest BCUT2D eigenvalue weighted by molar-refractivity contribution is 5.98. The zero-order chi connectivity index (χ0) is 12.3. The fourth-order valence-corrected chi connectivity index (χ4v) is 1.03. The molecule has 1 rings (SSSR count). The molecule has 0 radical (unpaired) electrons. The van der Waals surface area contributed by atoms with E-state index in [0.717, 1.165) is 4.68 Å². The van der Waals surface area contributed by atoms with Crippen LogP contribution in [0, 0.1) is 0 Å². The number of nitrogens with zero attached hydrogens (tertiary/aromatic N) is 3. The van der Waals surface area contributed by atoms with E-state index in [1.54, 1.807) is 0 Å². The van der Waals surface area contributed by atoms with Crippen LogP contribution in [-0.4, -0.2) is 48.2 Å². The minimum absolute atomic E-state index is 0.253. The molecule has 0 aliphatic carbocycles. The molecule has 0 aliphatic rings. The maximum absolute atomic E-state index is 10.7. The maximum atomic E-state index is 10.7. The van der Waals surface area contributed by atoms with Crippen molar-refractivity contribution in [2.75, 3.05) is 0 Å². The largest absolute Gasteiger partial charge is 0.481 e. The third-order valence-corrected chi connectivity index (χ3v) is 1.68. The molecular formula is C7H7N3O6. The van der Waals surface area contributed by atoms with Crippen molar-refractivity contribution in [3.05, 3.63) is 11.4 Å². The van der Waals surface area contributed by atoms with Gasteiger partial charge in [-0.2, -0.15) is 0 Å². The van der Waals surface area contributed by atoms with E-state index in [9.17, 15) is 14.4 Å². The molecule has 1 aromatic heterocycles. The summed E-state index contributed by atoms with van der Waals surface area (Å²) in [6, 6.07) is 0. The zero-order valence-electron chi connectivity index (χ0n) is 7.82. The van der Waals surface area contributed by atoms with E-state index < -0.39 is 29.3 Å². The van der Waals surface area contributed by atoms with Crippen molar-refractivity contribution in [1.29, 1.82) is 0 Å². The SMILES string of the molecule is O=C(O)CCn1nnc(C(=O)O)c1C(=O)O. The van der Waals surface area contributed by atoms with Gasteiger partial charge in [0.25, 0.3) is 0 Å². The molecule has 1 aromatic rings. The predicted octanol–water partition coefficient (Wildman–Crippen LogP) is -0.851. The highest BCUT2D eigenvalue weighted by Crippen LogP contribution is 2.06. The van der Waals surface area contributed by atoms with E-state index in [-0.39, 0.29) is 13.0 Å². The van der Waals surface area contributed by atoms with Gasteiger partial charge in [-0.05, 0) is 0 Å². The summed E-state index contributed by atoms with van der Waals surface area (Å²) < 4.78 is 0.736. The molecule has 0 fully saturated rings. The highest BCUT2D eigenvalue weighted by atomic mass is 16.4. The van der Waals surface area contributed by atoms with Crippen molar-refractivity contribution < 1.29 is 29.7 Å². The lowest BCUT2D eigenvalue weighted by atomic mass is 10.3. The van der Waals surface area contributed by atoms with Gasteiger partial charge in [-0.25, -0.2) is 14.3 Å². The molecule has 0 saturated carbocycles. The Morgan fingerprint density at radius 2 is 1.75 bits per heavy atom. The Hall–Kier alpha value is -2.45. The van der Waals surface area contributed by atoms with Crippen molar-refractivity contribution in [3.63, 3.8) is 0 Å². The van der Waals surface area contributed by atoms with Crippen LogP contribution < -0.4 is 0 Å². The monoisotopic (exact) mass is 229 g/mol. The fourth-order valence-electron chi connectivity index (χ4n) is 1.03. The Morgan fingerprint density at radius 3 is 2.19 bits per heavy atom. The second kappa shape index (κ2) is 4.38. The lowest BCUT2D eigenvalue weighted by molar-refractivity contribution is -0.137. The average molecular weight is 229 g/mol. The van der Waals surface area contributed by atoms with Crippen molar-refractivity contribution in [1.82, 2.24) is 15.0 Å². The number of rotatable bonds is 5. The lowest BCUT2D eigenvalue weighted by Gasteiger charge is -2.00. The van der Waals surface area contributed by atoms with E-state index in [4.69, 9.17) is 15.3 Å². The van der Waals surface area contributed by atoms with Crippen LogP contribution in [0.5, 0.6) is 0 Å². The normalized spacial score (nSPS) is 10.0. The van der Waals surface area contributed by atoms with Crippen LogP contribution in [0.15, 0.2) is 0 Å². The number of aromatic nitrogens is 3. The lowest BCUT2D eigenvalue weighted by Crippen LogP contribution is -2.15. The molecule has 0 amide bonds. The van der Waals surface area contributed by atoms with Crippen molar-refractivity contribution >= 4 is 17.9 Å². The van der Waals surface area contributed by atoms with Gasteiger partial charge in [0.15, 0.2) is 5.69 Å². The van der Waals surface area contributed by atoms with Gasteiger partial charge in [-0.3, -0.25) is 4.79 Å². The molecule has 0 atom stereocenters. The summed E-state index contributed by atoms with van der Waals surface area (Å²) >= 11 is 0. The number of aryl methyl sites for hydroxylation is 1. The second-order valence-electron chi connectivity index (χ2n) is 2.76. The molecule has 86 valence electrons. The van der Waals surface area contributed by atoms with Crippen LogP contribution in [0.4, 0.5) is 0 Å². The average Bonchev–Trinajstić information content (AvgIpc) is 2.57. The van der Waals surface area contributed by atoms with Crippen LogP contribution in [0.3, 0.4) is 0 Å². The molecule has 0 unspecified atom stereocenters. The zero-order valence-corrected chi connectivity index (χ0v) is 7.82. The molecule has 0 bridgehead atoms. The summed E-state index contributed by atoms with van der Waals surface area (Å²) in [6.07, 6.45) is -0.372. The molecule has 3 N–H and O–H groups in total. The Labute approximate surface area is 87.9 Å². The number of carboxylic acids is 3. The van der Waals surface area contributed by atoms with Crippen LogP contribution in [-0.2, 0) is 11.3 Å². The minimum Gasteiger partial charge on any atom is -0.481 e. The number of hydrogen-bond donors (Lipinski definition) is 3. The summed E-state index contributed by atoms with van der Waals surface area (Å²) in [5, 5.41) is 32.2. The van der Waals surface area contributed by atoms with E-state index in [1.165, 1.54) is 0 Å². The Bertz CT molecular complexity index is 451. The van der Waals surface area contributed by atoms with Crippen LogP contribution in [0.25, 0.3) is 0 Å². The van der Waals surface area contributed by atoms with Gasteiger partial charge in [0.05, 0.1) is 13.0 Å². The summed E-state index contributed by atoms with van der Waals surface area (Å²) in [6.45, 7) is -0.253. The first kappa shape index (κ1) is 11.6. The molecule has 1 heterocycles. The van der Waals surface area contributed by atoms with Gasteiger partial charge in [0, 0.05) is 0 Å². The van der Waals surface area contributed by atoms with E-state index in [1.807, 2.05) is 0 Å². The minimum atomic E-state index is -1.53. The van der Waals surface area contributed by atoms with Gasteiger partial charge in [0.1, 0.15) is 0 Å². The smallest absolute Gasteiger partial charge is 0.359 e. The van der Waals surface area contributed by atoms with Crippen LogP contribution >= 0.6 is 0 Å². The molecule has 9 nitrogen and oxygen atoms in total. The van der Waals surface area contributed by atoms with Gasteiger partial charge < -0.3 is 15.3 Å². The molecule has 0 aliphatic heterocycles. The first-order valence-electron chi connectivity index (χ1n) is 4.05. The summed E-state index contributed by atoms with van der Waals surface area (Å²) in [4.78, 5) is 31.6. The molecule has 0 saturated heterocycles. The van der Waals surface area contributed by atoms with Gasteiger partial charge in [0.2, 0.25) is 5.69 Å². The van der Waals surface area contributed by atoms with Crippen molar-refractivity contribution in [3.8, 4) is 0 Å². The molecule has 9 heteroatoms. The second-order valence-corrected chi connectivity index (χ2v) is 2.76. The predicted molar refractivity (Wildman–Crippen MR) is 46.2 cm³/mol. The molecule has 0 spiro atoms. The third kappa shape index (κ3) is 2.32. The van der Waals surface area contributed by atoms with Gasteiger partial charge in [-0.15, -0.1) is 5.10 Å². The highest BCUT2D eigenvalue weighted by Gasteiger charge is 2.24. The van der Waals surface area contributed by atoms with Crippen molar-refractivity contribution in [2.24, 2.45) is 0 Å². The molecular weight excluding hydrogens is 222 g/mol. The summed E-state index contributed by atoms with van der Waals surface area (Å²) in [5.41, 5.74) is -1.34. The number of carbonyl (C=O) groups is 3. The number of aliphatic carboxylic acids is 1. The Balaban J connectivity index is 3.05. The first-order chi connectivity index (χ1) is 7.43. The number of aromatic carboxylic acids is 2. The van der Waals surface area contributed by atoms with E-state index in [0.29, 0.717) is 0 Å². The van der Waals surface area contributed by atoms with Gasteiger partial charge >= 0.3 is 17.9 Å². The quantitative estimate of drug-likeness (QED) is 0.592. The fraction of sp³-hybridized carbons (Fsp3) is 0.286. The van der Waals surface area contributed by atoms with Crippen LogP contribution in [0.1, 0.15) is 27.4 Å². The van der Waals surface area contributed by atoms with Crippen LogP contribution in [0.2, 0.25) is 0 Å². The molecule has 16 heavy (non-hydrogen) atoms. The first-order valence-corrected chi connectivity index (χ1v) is 4.05. The van der Waals surface area contributed by atoms with E-state index >= 15 is 0 Å². The Morgan fingerprint density at radius 1 is 1.12 bits per heavy atom. The number of hydrogen-bond acceptors (Lipinski definition) is 5. The third-order valence-electron chi connectivity index (χ3n) is 1.68. The van der Waals surface area contributed by atoms with E-state index in [2.05, 4.69) is 10.3 Å². The molecule has 0 aromatic carbocycles. The maximum Gasteiger partial charge on any atom is 0.359 e. The standard InChI is InChI=1S/C7H7N3O6/c11-3(12)1-2-10-5(7(15)16)4(6(13)14)8-9-10/h1-2H2,(H,11,12)(H,13,14)(H,15,16). The number of carboxylic acid groups (broad SMARTS) is 3. The Kier molecular flexibility index (Phi) is 3.18. The van der Waals surface area contributed by atoms with Gasteiger partial charge in [-0.1, -0.05) is 5.21 Å². The van der Waals surface area contributed by atoms with Crippen molar-refractivity contribution in [2.45, 2.75) is 13.0 Å². The topological polar surface area (TPSA) is 143 Å².